The molecule has 3 aromatic rings. The zero-order chi connectivity index (χ0) is 22.1. The quantitative estimate of drug-likeness (QED) is 0.640. The Morgan fingerprint density at radius 3 is 1.87 bits per heavy atom. The van der Waals surface area contributed by atoms with E-state index in [2.05, 4.69) is 0 Å². The van der Waals surface area contributed by atoms with Gasteiger partial charge in [0.15, 0.2) is 0 Å². The molecule has 0 saturated carbocycles. The van der Waals surface area contributed by atoms with Crippen LogP contribution in [0.2, 0.25) is 0 Å². The molecule has 1 atom stereocenters. The first-order valence-electron chi connectivity index (χ1n) is 10.1. The molecular formula is C24H23F2NO3S. The second kappa shape index (κ2) is 8.49. The van der Waals surface area contributed by atoms with Gasteiger partial charge < -0.3 is 5.11 Å². The number of hydrogen-bond donors (Lipinski definition) is 1. The van der Waals surface area contributed by atoms with Crippen molar-refractivity contribution in [3.8, 4) is 0 Å². The van der Waals surface area contributed by atoms with E-state index in [0.29, 0.717) is 17.5 Å². The maximum absolute atomic E-state index is 13.8. The van der Waals surface area contributed by atoms with Crippen molar-refractivity contribution >= 4 is 10.0 Å². The van der Waals surface area contributed by atoms with Crippen molar-refractivity contribution < 1.29 is 22.3 Å². The lowest BCUT2D eigenvalue weighted by Gasteiger charge is -2.49. The van der Waals surface area contributed by atoms with Gasteiger partial charge in [-0.25, -0.2) is 17.2 Å². The van der Waals surface area contributed by atoms with Gasteiger partial charge in [0.1, 0.15) is 11.6 Å². The SMILES string of the molecule is O=S(=O)(c1ccccc1)N1CCC(CO)CC1(c1ccc(F)cc1)c1ccc(F)cc1. The van der Waals surface area contributed by atoms with Crippen molar-refractivity contribution in [3.05, 3.63) is 102 Å². The highest BCUT2D eigenvalue weighted by Crippen LogP contribution is 2.48. The highest BCUT2D eigenvalue weighted by atomic mass is 32.2. The van der Waals surface area contributed by atoms with E-state index in [-0.39, 0.29) is 30.4 Å². The third kappa shape index (κ3) is 3.89. The predicted octanol–water partition coefficient (Wildman–Crippen LogP) is 4.30. The van der Waals surface area contributed by atoms with E-state index in [1.54, 1.807) is 42.5 Å². The molecule has 162 valence electrons. The molecule has 1 aliphatic heterocycles. The van der Waals surface area contributed by atoms with Gasteiger partial charge in [-0.2, -0.15) is 4.31 Å². The molecule has 0 spiro atoms. The van der Waals surface area contributed by atoms with Crippen molar-refractivity contribution in [2.75, 3.05) is 13.2 Å². The maximum Gasteiger partial charge on any atom is 0.244 e. The fourth-order valence-electron chi connectivity index (χ4n) is 4.45. The van der Waals surface area contributed by atoms with Crippen LogP contribution in [0.15, 0.2) is 83.8 Å². The van der Waals surface area contributed by atoms with Gasteiger partial charge in [0.05, 0.1) is 10.4 Å². The van der Waals surface area contributed by atoms with Crippen LogP contribution in [0.3, 0.4) is 0 Å². The van der Waals surface area contributed by atoms with E-state index < -0.39 is 27.2 Å². The molecule has 1 heterocycles. The van der Waals surface area contributed by atoms with Crippen molar-refractivity contribution in [3.63, 3.8) is 0 Å². The van der Waals surface area contributed by atoms with Crippen LogP contribution >= 0.6 is 0 Å². The monoisotopic (exact) mass is 443 g/mol. The lowest BCUT2D eigenvalue weighted by atomic mass is 9.73. The fraction of sp³-hybridized carbons (Fsp3) is 0.250. The van der Waals surface area contributed by atoms with Crippen LogP contribution in [0, 0.1) is 17.6 Å². The summed E-state index contributed by atoms with van der Waals surface area (Å²) in [5, 5.41) is 9.92. The summed E-state index contributed by atoms with van der Waals surface area (Å²) in [6, 6.07) is 19.5. The van der Waals surface area contributed by atoms with Crippen molar-refractivity contribution in [1.82, 2.24) is 4.31 Å². The maximum atomic E-state index is 13.8. The second-order valence-electron chi connectivity index (χ2n) is 7.81. The first kappa shape index (κ1) is 21.6. The Morgan fingerprint density at radius 2 is 1.39 bits per heavy atom. The summed E-state index contributed by atoms with van der Waals surface area (Å²) < 4.78 is 56.5. The summed E-state index contributed by atoms with van der Waals surface area (Å²) in [5.41, 5.74) is -0.0850. The molecule has 0 aliphatic carbocycles. The van der Waals surface area contributed by atoms with Gasteiger partial charge in [-0.1, -0.05) is 42.5 Å². The molecule has 4 nitrogen and oxygen atoms in total. The molecule has 1 saturated heterocycles. The Hall–Kier alpha value is -2.61. The minimum atomic E-state index is -3.95. The van der Waals surface area contributed by atoms with E-state index in [4.69, 9.17) is 0 Å². The molecule has 0 amide bonds. The average Bonchev–Trinajstić information content (AvgIpc) is 2.80. The topological polar surface area (TPSA) is 57.6 Å². The normalized spacial score (nSPS) is 19.3. The van der Waals surface area contributed by atoms with E-state index in [9.17, 15) is 22.3 Å². The van der Waals surface area contributed by atoms with Crippen LogP contribution in [0.1, 0.15) is 24.0 Å². The number of aliphatic hydroxyl groups excluding tert-OH is 1. The van der Waals surface area contributed by atoms with Crippen molar-refractivity contribution in [2.45, 2.75) is 23.3 Å². The number of halogens is 2. The zero-order valence-corrected chi connectivity index (χ0v) is 17.6. The first-order valence-corrected chi connectivity index (χ1v) is 11.5. The van der Waals surface area contributed by atoms with E-state index >= 15 is 0 Å². The van der Waals surface area contributed by atoms with Gasteiger partial charge in [0, 0.05) is 13.2 Å². The molecule has 31 heavy (non-hydrogen) atoms. The van der Waals surface area contributed by atoms with Crippen LogP contribution < -0.4 is 0 Å². The van der Waals surface area contributed by atoms with Crippen LogP contribution in [-0.2, 0) is 15.6 Å². The minimum Gasteiger partial charge on any atom is -0.396 e. The average molecular weight is 444 g/mol. The molecular weight excluding hydrogens is 420 g/mol. The first-order chi connectivity index (χ1) is 14.9. The van der Waals surface area contributed by atoms with Crippen LogP contribution in [0.25, 0.3) is 0 Å². The fourth-order valence-corrected chi connectivity index (χ4v) is 6.25. The second-order valence-corrected chi connectivity index (χ2v) is 9.67. The van der Waals surface area contributed by atoms with Crippen molar-refractivity contribution in [1.29, 1.82) is 0 Å². The van der Waals surface area contributed by atoms with Crippen molar-refractivity contribution in [2.24, 2.45) is 5.92 Å². The van der Waals surface area contributed by atoms with Gasteiger partial charge in [-0.05, 0) is 66.3 Å². The number of aliphatic hydroxyl groups is 1. The molecule has 7 heteroatoms. The van der Waals surface area contributed by atoms with Crippen LogP contribution in [0.5, 0.6) is 0 Å². The lowest BCUT2D eigenvalue weighted by molar-refractivity contribution is 0.0877. The summed E-state index contributed by atoms with van der Waals surface area (Å²) in [6.45, 7) is 0.0561. The van der Waals surface area contributed by atoms with E-state index in [1.807, 2.05) is 0 Å². The molecule has 0 aromatic heterocycles. The summed E-state index contributed by atoms with van der Waals surface area (Å²) in [6.07, 6.45) is 0.763. The smallest absolute Gasteiger partial charge is 0.244 e. The number of sulfonamides is 1. The summed E-state index contributed by atoms with van der Waals surface area (Å²) in [7, 11) is -3.95. The Bertz CT molecular complexity index is 1090. The molecule has 1 N–H and O–H groups in total. The van der Waals surface area contributed by atoms with Gasteiger partial charge >= 0.3 is 0 Å². The number of rotatable bonds is 5. The van der Waals surface area contributed by atoms with E-state index in [0.717, 1.165) is 0 Å². The minimum absolute atomic E-state index is 0.108. The Kier molecular flexibility index (Phi) is 5.92. The number of piperidine rings is 1. The molecule has 0 bridgehead atoms. The van der Waals surface area contributed by atoms with Gasteiger partial charge in [-0.15, -0.1) is 0 Å². The highest BCUT2D eigenvalue weighted by Gasteiger charge is 2.50. The Morgan fingerprint density at radius 1 is 0.871 bits per heavy atom. The number of benzene rings is 3. The molecule has 1 fully saturated rings. The summed E-state index contributed by atoms with van der Waals surface area (Å²) in [4.78, 5) is 0.144. The third-order valence-corrected chi connectivity index (χ3v) is 7.93. The Labute approximate surface area is 180 Å². The third-order valence-electron chi connectivity index (χ3n) is 5.98. The van der Waals surface area contributed by atoms with Gasteiger partial charge in [-0.3, -0.25) is 0 Å². The summed E-state index contributed by atoms with van der Waals surface area (Å²) >= 11 is 0. The molecule has 0 radical (unpaired) electrons. The van der Waals surface area contributed by atoms with Crippen LogP contribution in [0.4, 0.5) is 8.78 Å². The molecule has 1 unspecified atom stereocenters. The van der Waals surface area contributed by atoms with Crippen LogP contribution in [-0.4, -0.2) is 31.0 Å². The predicted molar refractivity (Wildman–Crippen MR) is 114 cm³/mol. The summed E-state index contributed by atoms with van der Waals surface area (Å²) in [5.74, 6) is -1.05. The number of hydrogen-bond acceptors (Lipinski definition) is 3. The standard InChI is InChI=1S/C24H23F2NO3S/c25-21-10-6-19(7-11-21)24(20-8-12-22(26)13-9-20)16-18(17-28)14-15-27(24)31(29,30)23-4-2-1-3-5-23/h1-13,18,28H,14-17H2. The largest absolute Gasteiger partial charge is 0.396 e. The zero-order valence-electron chi connectivity index (χ0n) is 16.8. The number of nitrogens with zero attached hydrogens (tertiary/aromatic N) is 1. The Balaban J connectivity index is 1.99. The highest BCUT2D eigenvalue weighted by molar-refractivity contribution is 7.89. The van der Waals surface area contributed by atoms with E-state index in [1.165, 1.54) is 40.7 Å². The van der Waals surface area contributed by atoms with Gasteiger partial charge in [0.25, 0.3) is 0 Å². The lowest BCUT2D eigenvalue weighted by Crippen LogP contribution is -2.55. The molecule has 4 rings (SSSR count). The van der Waals surface area contributed by atoms with Gasteiger partial charge in [0.2, 0.25) is 10.0 Å². The molecule has 3 aromatic carbocycles. The molecule has 1 aliphatic rings.